The summed E-state index contributed by atoms with van der Waals surface area (Å²) in [5.74, 6) is 1.56. The van der Waals surface area contributed by atoms with Crippen LogP contribution in [0.2, 0.25) is 0 Å². The second kappa shape index (κ2) is 5.56. The minimum absolute atomic E-state index is 0.158. The predicted octanol–water partition coefficient (Wildman–Crippen LogP) is 3.13. The fourth-order valence-corrected chi connectivity index (χ4v) is 2.29. The van der Waals surface area contributed by atoms with E-state index in [0.717, 1.165) is 5.75 Å². The Kier molecular flexibility index (Phi) is 3.83. The smallest absolute Gasteiger partial charge is 0.188 e. The molecule has 0 radical (unpaired) electrons. The largest absolute Gasteiger partial charge is 0.359 e. The number of carbonyl (C=O) groups excluding carboxylic acids is 1. The monoisotopic (exact) mass is 231 g/mol. The Bertz CT molecular complexity index is 436. The molecule has 1 aromatic carbocycles. The van der Waals surface area contributed by atoms with Gasteiger partial charge >= 0.3 is 0 Å². The Morgan fingerprint density at radius 2 is 1.94 bits per heavy atom. The molecule has 0 aliphatic carbocycles. The van der Waals surface area contributed by atoms with E-state index in [0.29, 0.717) is 11.4 Å². The van der Waals surface area contributed by atoms with Gasteiger partial charge in [0, 0.05) is 11.9 Å². The number of H-pyrrole nitrogens is 1. The van der Waals surface area contributed by atoms with Crippen LogP contribution in [0.3, 0.4) is 0 Å². The first-order valence-electron chi connectivity index (χ1n) is 5.14. The molecule has 0 atom stereocenters. The van der Waals surface area contributed by atoms with Crippen LogP contribution >= 0.6 is 11.8 Å². The molecule has 0 saturated carbocycles. The highest BCUT2D eigenvalue weighted by Crippen LogP contribution is 2.13. The predicted molar refractivity (Wildman–Crippen MR) is 67.7 cm³/mol. The van der Waals surface area contributed by atoms with Crippen LogP contribution < -0.4 is 0 Å². The lowest BCUT2D eigenvalue weighted by molar-refractivity contribution is 0.101. The molecule has 1 aromatic heterocycles. The van der Waals surface area contributed by atoms with E-state index in [1.54, 1.807) is 18.0 Å². The maximum atomic E-state index is 11.6. The van der Waals surface area contributed by atoms with Gasteiger partial charge in [-0.05, 0) is 17.7 Å². The summed E-state index contributed by atoms with van der Waals surface area (Å²) in [7, 11) is 0. The third-order valence-corrected chi connectivity index (χ3v) is 3.25. The van der Waals surface area contributed by atoms with Crippen LogP contribution in [0.5, 0.6) is 0 Å². The van der Waals surface area contributed by atoms with Gasteiger partial charge in [0.25, 0.3) is 0 Å². The van der Waals surface area contributed by atoms with Crippen LogP contribution in [0.15, 0.2) is 48.7 Å². The van der Waals surface area contributed by atoms with Gasteiger partial charge in [0.2, 0.25) is 0 Å². The molecular formula is C13H13NOS. The summed E-state index contributed by atoms with van der Waals surface area (Å²) in [4.78, 5) is 14.6. The number of carbonyl (C=O) groups is 1. The number of ketones is 1. The molecule has 0 spiro atoms. The van der Waals surface area contributed by atoms with Crippen molar-refractivity contribution >= 4 is 17.5 Å². The first-order chi connectivity index (χ1) is 7.86. The van der Waals surface area contributed by atoms with Gasteiger partial charge in [-0.2, -0.15) is 0 Å². The molecule has 2 nitrogen and oxygen atoms in total. The summed E-state index contributed by atoms with van der Waals surface area (Å²) in [5.41, 5.74) is 1.95. The molecule has 1 N–H and O–H groups in total. The van der Waals surface area contributed by atoms with Crippen LogP contribution in [0.25, 0.3) is 0 Å². The van der Waals surface area contributed by atoms with Crippen LogP contribution in [-0.4, -0.2) is 16.5 Å². The van der Waals surface area contributed by atoms with Gasteiger partial charge in [0.15, 0.2) is 5.78 Å². The molecular weight excluding hydrogens is 218 g/mol. The van der Waals surface area contributed by atoms with E-state index in [-0.39, 0.29) is 5.78 Å². The van der Waals surface area contributed by atoms with Crippen molar-refractivity contribution in [3.8, 4) is 0 Å². The molecule has 0 bridgehead atoms. The molecule has 82 valence electrons. The van der Waals surface area contributed by atoms with Crippen molar-refractivity contribution in [2.24, 2.45) is 0 Å². The van der Waals surface area contributed by atoms with Gasteiger partial charge in [0.1, 0.15) is 0 Å². The van der Waals surface area contributed by atoms with Gasteiger partial charge in [-0.3, -0.25) is 4.79 Å². The third kappa shape index (κ3) is 3.00. The quantitative estimate of drug-likeness (QED) is 0.802. The third-order valence-electron chi connectivity index (χ3n) is 2.24. The number of nitrogens with one attached hydrogen (secondary N) is 1. The average Bonchev–Trinajstić information content (AvgIpc) is 2.84. The minimum atomic E-state index is 0.158. The van der Waals surface area contributed by atoms with Crippen molar-refractivity contribution in [3.05, 3.63) is 59.9 Å². The first kappa shape index (κ1) is 11.0. The first-order valence-corrected chi connectivity index (χ1v) is 6.30. The molecule has 16 heavy (non-hydrogen) atoms. The molecule has 1 heterocycles. The number of benzene rings is 1. The van der Waals surface area contributed by atoms with Crippen molar-refractivity contribution in [3.63, 3.8) is 0 Å². The Labute approximate surface area is 99.1 Å². The molecule has 2 aromatic rings. The van der Waals surface area contributed by atoms with E-state index in [1.807, 2.05) is 30.3 Å². The SMILES string of the molecule is O=C(CSCc1ccccc1)c1ccc[nH]1. The fraction of sp³-hybridized carbons (Fsp3) is 0.154. The number of aromatic amines is 1. The highest BCUT2D eigenvalue weighted by Gasteiger charge is 2.05. The number of hydrogen-bond donors (Lipinski definition) is 1. The minimum Gasteiger partial charge on any atom is -0.359 e. The number of hydrogen-bond acceptors (Lipinski definition) is 2. The molecule has 2 rings (SSSR count). The lowest BCUT2D eigenvalue weighted by Gasteiger charge is -2.00. The summed E-state index contributed by atoms with van der Waals surface area (Å²) >= 11 is 1.64. The summed E-state index contributed by atoms with van der Waals surface area (Å²) in [6.45, 7) is 0. The van der Waals surface area contributed by atoms with E-state index in [4.69, 9.17) is 0 Å². The standard InChI is InChI=1S/C13H13NOS/c15-13(12-7-4-8-14-12)10-16-9-11-5-2-1-3-6-11/h1-8,14H,9-10H2. The van der Waals surface area contributed by atoms with Gasteiger partial charge < -0.3 is 4.98 Å². The lowest BCUT2D eigenvalue weighted by Crippen LogP contribution is -2.02. The number of aromatic nitrogens is 1. The second-order valence-corrected chi connectivity index (χ2v) is 4.47. The zero-order valence-corrected chi connectivity index (χ0v) is 9.67. The summed E-state index contributed by atoms with van der Waals surface area (Å²) in [5, 5.41) is 0. The zero-order chi connectivity index (χ0) is 11.2. The number of rotatable bonds is 5. The van der Waals surface area contributed by atoms with Gasteiger partial charge in [-0.15, -0.1) is 11.8 Å². The summed E-state index contributed by atoms with van der Waals surface area (Å²) in [6, 6.07) is 13.8. The summed E-state index contributed by atoms with van der Waals surface area (Å²) < 4.78 is 0. The Hall–Kier alpha value is -1.48. The van der Waals surface area contributed by atoms with Crippen molar-refractivity contribution in [1.29, 1.82) is 0 Å². The van der Waals surface area contributed by atoms with Crippen LogP contribution in [-0.2, 0) is 5.75 Å². The van der Waals surface area contributed by atoms with E-state index in [9.17, 15) is 4.79 Å². The highest BCUT2D eigenvalue weighted by atomic mass is 32.2. The molecule has 0 aliphatic rings. The number of Topliss-reactive ketones (excluding diaryl/α,β-unsaturated/α-hetero) is 1. The summed E-state index contributed by atoms with van der Waals surface area (Å²) in [6.07, 6.45) is 1.77. The molecule has 0 unspecified atom stereocenters. The normalized spacial score (nSPS) is 10.2. The molecule has 0 amide bonds. The highest BCUT2D eigenvalue weighted by molar-refractivity contribution is 7.99. The van der Waals surface area contributed by atoms with E-state index >= 15 is 0 Å². The fourth-order valence-electron chi connectivity index (χ4n) is 1.42. The van der Waals surface area contributed by atoms with Crippen LogP contribution in [0.1, 0.15) is 16.1 Å². The van der Waals surface area contributed by atoms with E-state index in [1.165, 1.54) is 5.56 Å². The molecule has 0 aliphatic heterocycles. The average molecular weight is 231 g/mol. The van der Waals surface area contributed by atoms with E-state index < -0.39 is 0 Å². The van der Waals surface area contributed by atoms with Crippen molar-refractivity contribution in [2.75, 3.05) is 5.75 Å². The Balaban J connectivity index is 1.79. The van der Waals surface area contributed by atoms with Crippen molar-refractivity contribution in [2.45, 2.75) is 5.75 Å². The van der Waals surface area contributed by atoms with Crippen molar-refractivity contribution in [1.82, 2.24) is 4.98 Å². The van der Waals surface area contributed by atoms with E-state index in [2.05, 4.69) is 17.1 Å². The zero-order valence-electron chi connectivity index (χ0n) is 8.85. The second-order valence-electron chi connectivity index (χ2n) is 3.49. The number of thioether (sulfide) groups is 1. The Morgan fingerprint density at radius 3 is 2.62 bits per heavy atom. The maximum Gasteiger partial charge on any atom is 0.188 e. The lowest BCUT2D eigenvalue weighted by atomic mass is 10.2. The van der Waals surface area contributed by atoms with Gasteiger partial charge in [0.05, 0.1) is 11.4 Å². The van der Waals surface area contributed by atoms with Crippen LogP contribution in [0, 0.1) is 0 Å². The van der Waals surface area contributed by atoms with Crippen LogP contribution in [0.4, 0.5) is 0 Å². The molecule has 0 fully saturated rings. The van der Waals surface area contributed by atoms with Crippen molar-refractivity contribution < 1.29 is 4.79 Å². The van der Waals surface area contributed by atoms with Gasteiger partial charge in [-0.1, -0.05) is 30.3 Å². The van der Waals surface area contributed by atoms with Gasteiger partial charge in [-0.25, -0.2) is 0 Å². The molecule has 0 saturated heterocycles. The Morgan fingerprint density at radius 1 is 1.12 bits per heavy atom. The topological polar surface area (TPSA) is 32.9 Å². The maximum absolute atomic E-state index is 11.6. The molecule has 3 heteroatoms.